The first-order valence-electron chi connectivity index (χ1n) is 6.12. The van der Waals surface area contributed by atoms with E-state index in [9.17, 15) is 0 Å². The van der Waals surface area contributed by atoms with Gasteiger partial charge in [0.05, 0.1) is 0 Å². The number of ether oxygens (including phenoxy) is 1. The van der Waals surface area contributed by atoms with Crippen molar-refractivity contribution in [2.75, 3.05) is 13.7 Å². The Morgan fingerprint density at radius 3 is 2.59 bits per heavy atom. The minimum atomic E-state index is 0.418. The molecule has 0 aromatic heterocycles. The highest BCUT2D eigenvalue weighted by Crippen LogP contribution is 2.20. The predicted octanol–water partition coefficient (Wildman–Crippen LogP) is 3.22. The van der Waals surface area contributed by atoms with Crippen molar-refractivity contribution in [3.8, 4) is 5.75 Å². The Morgan fingerprint density at radius 1 is 1.12 bits per heavy atom. The fourth-order valence-corrected chi connectivity index (χ4v) is 1.86. The zero-order valence-electron chi connectivity index (χ0n) is 10.4. The highest BCUT2D eigenvalue weighted by Gasteiger charge is 2.04. The van der Waals surface area contributed by atoms with Crippen LogP contribution in [0.15, 0.2) is 42.5 Å². The van der Waals surface area contributed by atoms with Crippen LogP contribution in [0.5, 0.6) is 5.75 Å². The van der Waals surface area contributed by atoms with Gasteiger partial charge in [-0.2, -0.15) is 0 Å². The van der Waals surface area contributed by atoms with E-state index >= 15 is 0 Å². The lowest BCUT2D eigenvalue weighted by molar-refractivity contribution is 0.267. The Morgan fingerprint density at radius 2 is 1.88 bits per heavy atom. The van der Waals surface area contributed by atoms with Crippen LogP contribution in [0, 0.1) is 0 Å². The molecule has 1 unspecified atom stereocenters. The van der Waals surface area contributed by atoms with Crippen LogP contribution in [-0.2, 0) is 0 Å². The van der Waals surface area contributed by atoms with Crippen molar-refractivity contribution in [1.82, 2.24) is 5.32 Å². The fraction of sp³-hybridized carbons (Fsp3) is 0.333. The van der Waals surface area contributed by atoms with Crippen molar-refractivity contribution < 1.29 is 4.74 Å². The first kappa shape index (κ1) is 11.9. The van der Waals surface area contributed by atoms with Crippen molar-refractivity contribution in [1.29, 1.82) is 0 Å². The summed E-state index contributed by atoms with van der Waals surface area (Å²) in [4.78, 5) is 0. The average Bonchev–Trinajstić information content (AvgIpc) is 2.40. The fourth-order valence-electron chi connectivity index (χ4n) is 1.86. The van der Waals surface area contributed by atoms with Gasteiger partial charge in [-0.3, -0.25) is 0 Å². The van der Waals surface area contributed by atoms with Crippen LogP contribution in [0.4, 0.5) is 0 Å². The van der Waals surface area contributed by atoms with Gasteiger partial charge in [-0.1, -0.05) is 37.3 Å². The second-order valence-electron chi connectivity index (χ2n) is 4.21. The van der Waals surface area contributed by atoms with Crippen LogP contribution < -0.4 is 10.1 Å². The zero-order valence-corrected chi connectivity index (χ0v) is 10.4. The molecule has 2 rings (SSSR count). The Balaban J connectivity index is 2.09. The molecule has 0 spiro atoms. The third-order valence-electron chi connectivity index (χ3n) is 3.07. The van der Waals surface area contributed by atoms with Crippen LogP contribution in [0.1, 0.15) is 13.3 Å². The number of rotatable bonds is 5. The van der Waals surface area contributed by atoms with Gasteiger partial charge in [0, 0.05) is 6.04 Å². The molecule has 0 saturated carbocycles. The predicted molar refractivity (Wildman–Crippen MR) is 72.6 cm³/mol. The molecule has 90 valence electrons. The topological polar surface area (TPSA) is 21.3 Å². The minimum absolute atomic E-state index is 0.418. The van der Waals surface area contributed by atoms with E-state index in [0.29, 0.717) is 12.6 Å². The van der Waals surface area contributed by atoms with Gasteiger partial charge in [0.1, 0.15) is 12.4 Å². The first-order chi connectivity index (χ1) is 8.33. The zero-order chi connectivity index (χ0) is 12.1. The summed E-state index contributed by atoms with van der Waals surface area (Å²) in [6.45, 7) is 2.87. The molecule has 0 aliphatic heterocycles. The molecule has 0 saturated heterocycles. The van der Waals surface area contributed by atoms with Crippen molar-refractivity contribution >= 4 is 10.8 Å². The maximum atomic E-state index is 5.80. The normalized spacial score (nSPS) is 12.6. The molecule has 0 radical (unpaired) electrons. The molecule has 0 bridgehead atoms. The molecule has 0 amide bonds. The first-order valence-corrected chi connectivity index (χ1v) is 6.12. The molecule has 2 aromatic rings. The third-order valence-corrected chi connectivity index (χ3v) is 3.07. The number of fused-ring (bicyclic) bond motifs is 1. The van der Waals surface area contributed by atoms with Gasteiger partial charge in [0.25, 0.3) is 0 Å². The summed E-state index contributed by atoms with van der Waals surface area (Å²) in [6, 6.07) is 15.0. The van der Waals surface area contributed by atoms with Gasteiger partial charge in [-0.15, -0.1) is 0 Å². The number of benzene rings is 2. The lowest BCUT2D eigenvalue weighted by atomic mass is 10.1. The lowest BCUT2D eigenvalue weighted by Crippen LogP contribution is -2.30. The van der Waals surface area contributed by atoms with Crippen molar-refractivity contribution in [3.63, 3.8) is 0 Å². The summed E-state index contributed by atoms with van der Waals surface area (Å²) in [5.41, 5.74) is 0. The molecule has 0 fully saturated rings. The highest BCUT2D eigenvalue weighted by atomic mass is 16.5. The van der Waals surface area contributed by atoms with E-state index in [4.69, 9.17) is 4.74 Å². The van der Waals surface area contributed by atoms with E-state index in [-0.39, 0.29) is 0 Å². The van der Waals surface area contributed by atoms with E-state index < -0.39 is 0 Å². The van der Waals surface area contributed by atoms with Gasteiger partial charge in [0.15, 0.2) is 0 Å². The molecule has 17 heavy (non-hydrogen) atoms. The standard InChI is InChI=1S/C15H19NO/c1-3-14(16-2)11-17-15-9-8-12-6-4-5-7-13(12)10-15/h4-10,14,16H,3,11H2,1-2H3. The smallest absolute Gasteiger partial charge is 0.120 e. The SMILES string of the molecule is CCC(COc1ccc2ccccc2c1)NC. The Hall–Kier alpha value is -1.54. The van der Waals surface area contributed by atoms with Gasteiger partial charge >= 0.3 is 0 Å². The molecule has 1 atom stereocenters. The number of hydrogen-bond acceptors (Lipinski definition) is 2. The molecular formula is C15H19NO. The summed E-state index contributed by atoms with van der Waals surface area (Å²) in [7, 11) is 1.97. The monoisotopic (exact) mass is 229 g/mol. The highest BCUT2D eigenvalue weighted by molar-refractivity contribution is 5.83. The molecule has 0 heterocycles. The van der Waals surface area contributed by atoms with E-state index in [1.54, 1.807) is 0 Å². The second kappa shape index (κ2) is 5.69. The van der Waals surface area contributed by atoms with Crippen molar-refractivity contribution in [3.05, 3.63) is 42.5 Å². The quantitative estimate of drug-likeness (QED) is 0.850. The Labute approximate surface area is 103 Å². The van der Waals surface area contributed by atoms with E-state index in [1.807, 2.05) is 13.1 Å². The molecule has 1 N–H and O–H groups in total. The molecule has 2 heteroatoms. The second-order valence-corrected chi connectivity index (χ2v) is 4.21. The number of hydrogen-bond donors (Lipinski definition) is 1. The Kier molecular flexibility index (Phi) is 3.99. The van der Waals surface area contributed by atoms with E-state index in [2.05, 4.69) is 48.6 Å². The van der Waals surface area contributed by atoms with E-state index in [1.165, 1.54) is 10.8 Å². The molecule has 2 aromatic carbocycles. The summed E-state index contributed by atoms with van der Waals surface area (Å²) < 4.78 is 5.80. The van der Waals surface area contributed by atoms with Crippen LogP contribution in [0.3, 0.4) is 0 Å². The summed E-state index contributed by atoms with van der Waals surface area (Å²) in [6.07, 6.45) is 1.07. The lowest BCUT2D eigenvalue weighted by Gasteiger charge is -2.15. The number of likely N-dealkylation sites (N-methyl/N-ethyl adjacent to an activating group) is 1. The third kappa shape index (κ3) is 2.98. The van der Waals surface area contributed by atoms with Crippen molar-refractivity contribution in [2.45, 2.75) is 19.4 Å². The maximum absolute atomic E-state index is 5.80. The van der Waals surface area contributed by atoms with Crippen molar-refractivity contribution in [2.24, 2.45) is 0 Å². The molecule has 0 aliphatic carbocycles. The van der Waals surface area contributed by atoms with Crippen LogP contribution in [-0.4, -0.2) is 19.7 Å². The van der Waals surface area contributed by atoms with Gasteiger partial charge in [0.2, 0.25) is 0 Å². The average molecular weight is 229 g/mol. The Bertz CT molecular complexity index is 477. The summed E-state index contributed by atoms with van der Waals surface area (Å²) >= 11 is 0. The maximum Gasteiger partial charge on any atom is 0.120 e. The van der Waals surface area contributed by atoms with Crippen LogP contribution >= 0.6 is 0 Å². The summed E-state index contributed by atoms with van der Waals surface area (Å²) in [5.74, 6) is 0.942. The van der Waals surface area contributed by atoms with Gasteiger partial charge < -0.3 is 10.1 Å². The number of nitrogens with one attached hydrogen (secondary N) is 1. The molecule has 2 nitrogen and oxygen atoms in total. The van der Waals surface area contributed by atoms with Gasteiger partial charge in [-0.05, 0) is 36.4 Å². The van der Waals surface area contributed by atoms with Gasteiger partial charge in [-0.25, -0.2) is 0 Å². The van der Waals surface area contributed by atoms with E-state index in [0.717, 1.165) is 12.2 Å². The summed E-state index contributed by atoms with van der Waals surface area (Å²) in [5, 5.41) is 5.71. The largest absolute Gasteiger partial charge is 0.492 e. The molecular weight excluding hydrogens is 210 g/mol. The van der Waals surface area contributed by atoms with Crippen LogP contribution in [0.2, 0.25) is 0 Å². The van der Waals surface area contributed by atoms with Crippen LogP contribution in [0.25, 0.3) is 10.8 Å². The minimum Gasteiger partial charge on any atom is -0.492 e. The molecule has 0 aliphatic rings.